The molecule has 3 rings (SSSR count). The third kappa shape index (κ3) is 4.48. The molecule has 0 aliphatic carbocycles. The summed E-state index contributed by atoms with van der Waals surface area (Å²) < 4.78 is 44.9. The molecule has 0 unspecified atom stereocenters. The van der Waals surface area contributed by atoms with E-state index in [1.807, 2.05) is 25.1 Å². The molecule has 7 nitrogen and oxygen atoms in total. The Balaban J connectivity index is 1.74. The number of anilines is 1. The molecule has 0 fully saturated rings. The molecule has 3 aromatic rings. The van der Waals surface area contributed by atoms with Gasteiger partial charge in [-0.3, -0.25) is 0 Å². The van der Waals surface area contributed by atoms with Gasteiger partial charge in [0.25, 0.3) is 0 Å². The predicted octanol–water partition coefficient (Wildman–Crippen LogP) is 4.28. The average molecular weight is 391 g/mol. The number of ether oxygens (including phenoxy) is 3. The van der Waals surface area contributed by atoms with E-state index in [1.54, 1.807) is 13.2 Å². The maximum atomic E-state index is 12.4. The van der Waals surface area contributed by atoms with Gasteiger partial charge in [-0.05, 0) is 42.8 Å². The maximum Gasteiger partial charge on any atom is 0.387 e. The van der Waals surface area contributed by atoms with Crippen molar-refractivity contribution in [1.82, 2.24) is 10.1 Å². The number of hydrogen-bond acceptors (Lipinski definition) is 7. The summed E-state index contributed by atoms with van der Waals surface area (Å²) in [7, 11) is 2.95. The van der Waals surface area contributed by atoms with Crippen molar-refractivity contribution in [3.8, 4) is 28.6 Å². The van der Waals surface area contributed by atoms with Crippen LogP contribution in [0.25, 0.3) is 11.4 Å². The smallest absolute Gasteiger partial charge is 0.387 e. The molecule has 0 amide bonds. The Morgan fingerprint density at radius 1 is 1.04 bits per heavy atom. The zero-order chi connectivity index (χ0) is 20.1. The minimum Gasteiger partial charge on any atom is -0.495 e. The van der Waals surface area contributed by atoms with E-state index in [-0.39, 0.29) is 18.0 Å². The highest BCUT2D eigenvalue weighted by Gasteiger charge is 2.15. The topological polar surface area (TPSA) is 78.6 Å². The van der Waals surface area contributed by atoms with Gasteiger partial charge in [-0.25, -0.2) is 0 Å². The molecule has 0 atom stereocenters. The van der Waals surface area contributed by atoms with E-state index in [4.69, 9.17) is 14.0 Å². The van der Waals surface area contributed by atoms with Gasteiger partial charge in [0.15, 0.2) is 11.5 Å². The molecule has 1 aromatic heterocycles. The number of aryl methyl sites for hydroxylation is 1. The molecule has 0 saturated carbocycles. The largest absolute Gasteiger partial charge is 0.495 e. The lowest BCUT2D eigenvalue weighted by Gasteiger charge is -2.10. The second-order valence-corrected chi connectivity index (χ2v) is 5.81. The molecule has 1 heterocycles. The Morgan fingerprint density at radius 3 is 2.50 bits per heavy atom. The minimum absolute atomic E-state index is 0.0711. The molecule has 28 heavy (non-hydrogen) atoms. The van der Waals surface area contributed by atoms with Crippen LogP contribution in [0.3, 0.4) is 0 Å². The fraction of sp³-hybridized carbons (Fsp3) is 0.263. The standard InChI is InChI=1S/C19H19F2N3O4/c1-11-4-6-14(25-2)13(8-11)22-10-17-23-18(24-28-17)12-5-7-15(27-19(20)21)16(9-12)26-3/h4-9,19,22H,10H2,1-3H3. The first kappa shape index (κ1) is 19.4. The number of methoxy groups -OCH3 is 2. The Hall–Kier alpha value is -3.36. The lowest BCUT2D eigenvalue weighted by atomic mass is 10.2. The summed E-state index contributed by atoms with van der Waals surface area (Å²) in [5.41, 5.74) is 2.42. The number of hydrogen-bond donors (Lipinski definition) is 1. The van der Waals surface area contributed by atoms with Crippen molar-refractivity contribution >= 4 is 5.69 Å². The van der Waals surface area contributed by atoms with Gasteiger partial charge >= 0.3 is 6.61 Å². The highest BCUT2D eigenvalue weighted by Crippen LogP contribution is 2.32. The molecule has 0 saturated heterocycles. The summed E-state index contributed by atoms with van der Waals surface area (Å²) in [5.74, 6) is 1.43. The van der Waals surface area contributed by atoms with Crippen molar-refractivity contribution in [3.05, 3.63) is 47.9 Å². The first-order valence-electron chi connectivity index (χ1n) is 8.34. The van der Waals surface area contributed by atoms with Gasteiger partial charge in [0.1, 0.15) is 5.75 Å². The van der Waals surface area contributed by atoms with Gasteiger partial charge in [0, 0.05) is 5.56 Å². The third-order valence-electron chi connectivity index (χ3n) is 3.89. The van der Waals surface area contributed by atoms with Crippen molar-refractivity contribution in [2.45, 2.75) is 20.1 Å². The maximum absolute atomic E-state index is 12.4. The molecule has 148 valence electrons. The van der Waals surface area contributed by atoms with Gasteiger partial charge in [0.2, 0.25) is 11.7 Å². The lowest BCUT2D eigenvalue weighted by molar-refractivity contribution is -0.0512. The number of benzene rings is 2. The first-order chi connectivity index (χ1) is 13.5. The van der Waals surface area contributed by atoms with E-state index in [0.717, 1.165) is 11.3 Å². The number of alkyl halides is 2. The molecular weight excluding hydrogens is 372 g/mol. The summed E-state index contributed by atoms with van der Waals surface area (Å²) in [6, 6.07) is 10.2. The SMILES string of the molecule is COc1ccc(C)cc1NCc1nc(-c2ccc(OC(F)F)c(OC)c2)no1. The average Bonchev–Trinajstić information content (AvgIpc) is 3.15. The van der Waals surface area contributed by atoms with Crippen molar-refractivity contribution < 1.29 is 27.5 Å². The Labute approximate surface area is 160 Å². The summed E-state index contributed by atoms with van der Waals surface area (Å²) in [5, 5.41) is 7.11. The highest BCUT2D eigenvalue weighted by atomic mass is 19.3. The van der Waals surface area contributed by atoms with Crippen LogP contribution in [0.4, 0.5) is 14.5 Å². The van der Waals surface area contributed by atoms with Crippen molar-refractivity contribution in [2.75, 3.05) is 19.5 Å². The second kappa shape index (κ2) is 8.55. The quantitative estimate of drug-likeness (QED) is 0.614. The van der Waals surface area contributed by atoms with E-state index >= 15 is 0 Å². The Kier molecular flexibility index (Phi) is 5.93. The van der Waals surface area contributed by atoms with Crippen molar-refractivity contribution in [3.63, 3.8) is 0 Å². The van der Waals surface area contributed by atoms with Crippen LogP contribution in [0.15, 0.2) is 40.9 Å². The van der Waals surface area contributed by atoms with Crippen LogP contribution in [0.1, 0.15) is 11.5 Å². The van der Waals surface area contributed by atoms with Gasteiger partial charge in [-0.15, -0.1) is 0 Å². The molecule has 9 heteroatoms. The Bertz CT molecular complexity index is 947. The van der Waals surface area contributed by atoms with Crippen molar-refractivity contribution in [2.24, 2.45) is 0 Å². The summed E-state index contributed by atoms with van der Waals surface area (Å²) in [4.78, 5) is 4.31. The number of nitrogens with zero attached hydrogens (tertiary/aromatic N) is 2. The molecule has 2 aromatic carbocycles. The number of nitrogens with one attached hydrogen (secondary N) is 1. The second-order valence-electron chi connectivity index (χ2n) is 5.81. The fourth-order valence-electron chi connectivity index (χ4n) is 2.57. The summed E-state index contributed by atoms with van der Waals surface area (Å²) in [6.07, 6.45) is 0. The highest BCUT2D eigenvalue weighted by molar-refractivity contribution is 5.61. The molecular formula is C19H19F2N3O4. The zero-order valence-electron chi connectivity index (χ0n) is 15.5. The van der Waals surface area contributed by atoms with Gasteiger partial charge in [0.05, 0.1) is 26.5 Å². The van der Waals surface area contributed by atoms with Gasteiger partial charge in [-0.2, -0.15) is 13.8 Å². The van der Waals surface area contributed by atoms with Crippen LogP contribution in [0.5, 0.6) is 17.2 Å². The predicted molar refractivity (Wildman–Crippen MR) is 98.0 cm³/mol. The number of aromatic nitrogens is 2. The molecule has 0 bridgehead atoms. The van der Waals surface area contributed by atoms with E-state index in [1.165, 1.54) is 19.2 Å². The third-order valence-corrected chi connectivity index (χ3v) is 3.89. The summed E-state index contributed by atoms with van der Waals surface area (Å²) >= 11 is 0. The molecule has 0 aliphatic rings. The van der Waals surface area contributed by atoms with Crippen LogP contribution >= 0.6 is 0 Å². The minimum atomic E-state index is -2.94. The summed E-state index contributed by atoms with van der Waals surface area (Å²) in [6.45, 7) is -0.679. The molecule has 1 N–H and O–H groups in total. The van der Waals surface area contributed by atoms with Crippen LogP contribution < -0.4 is 19.5 Å². The van der Waals surface area contributed by atoms with Crippen LogP contribution in [-0.4, -0.2) is 31.0 Å². The van der Waals surface area contributed by atoms with E-state index < -0.39 is 6.61 Å². The van der Waals surface area contributed by atoms with E-state index in [2.05, 4.69) is 20.2 Å². The van der Waals surface area contributed by atoms with E-state index in [9.17, 15) is 8.78 Å². The fourth-order valence-corrected chi connectivity index (χ4v) is 2.57. The molecule has 0 radical (unpaired) electrons. The van der Waals surface area contributed by atoms with Gasteiger partial charge < -0.3 is 24.1 Å². The van der Waals surface area contributed by atoms with Gasteiger partial charge in [-0.1, -0.05) is 11.2 Å². The number of rotatable bonds is 8. The van der Waals surface area contributed by atoms with Crippen LogP contribution in [0, 0.1) is 6.92 Å². The van der Waals surface area contributed by atoms with Crippen molar-refractivity contribution in [1.29, 1.82) is 0 Å². The Morgan fingerprint density at radius 2 is 1.79 bits per heavy atom. The molecule has 0 aliphatic heterocycles. The zero-order valence-corrected chi connectivity index (χ0v) is 15.5. The molecule has 0 spiro atoms. The first-order valence-corrected chi connectivity index (χ1v) is 8.34. The van der Waals surface area contributed by atoms with Crippen LogP contribution in [-0.2, 0) is 6.54 Å². The van der Waals surface area contributed by atoms with Crippen LogP contribution in [0.2, 0.25) is 0 Å². The lowest BCUT2D eigenvalue weighted by Crippen LogP contribution is -2.03. The number of halogens is 2. The normalized spacial score (nSPS) is 10.8. The van der Waals surface area contributed by atoms with E-state index in [0.29, 0.717) is 23.0 Å². The monoisotopic (exact) mass is 391 g/mol.